The van der Waals surface area contributed by atoms with Crippen molar-refractivity contribution in [3.63, 3.8) is 0 Å². The third-order valence-electron chi connectivity index (χ3n) is 5.96. The second kappa shape index (κ2) is 8.78. The van der Waals surface area contributed by atoms with E-state index in [0.29, 0.717) is 19.4 Å². The van der Waals surface area contributed by atoms with Crippen LogP contribution in [0.25, 0.3) is 0 Å². The van der Waals surface area contributed by atoms with Crippen molar-refractivity contribution in [1.29, 1.82) is 0 Å². The first-order chi connectivity index (χ1) is 15.3. The standard InChI is InChI=1S/C23H25N5O4/c1-13-2-6-19(15-3-5-18-14(8-15)4-7-20(29)27-18)28(12-13)23(32)22(31)26-17-9-16(21(24)30)10-25-11-17/h3,5,8-11,13,19H,2,4,6-7,12H2,1H3,(H2,24,30)(H,26,31)(H,27,29)/t13-,19+/m0/s1. The number of nitrogens with two attached hydrogens (primary N) is 1. The molecule has 2 aliphatic heterocycles. The predicted molar refractivity (Wildman–Crippen MR) is 118 cm³/mol. The maximum atomic E-state index is 13.1. The zero-order valence-electron chi connectivity index (χ0n) is 17.8. The quantitative estimate of drug-likeness (QED) is 0.634. The molecule has 9 heteroatoms. The van der Waals surface area contributed by atoms with E-state index >= 15 is 0 Å². The van der Waals surface area contributed by atoms with Gasteiger partial charge in [0.1, 0.15) is 0 Å². The fourth-order valence-corrected chi connectivity index (χ4v) is 4.29. The van der Waals surface area contributed by atoms with E-state index in [9.17, 15) is 19.2 Å². The normalized spacial score (nSPS) is 20.2. The molecule has 0 bridgehead atoms. The molecule has 9 nitrogen and oxygen atoms in total. The SMILES string of the molecule is C[C@H]1CC[C@H](c2ccc3c(c2)CCC(=O)N3)N(C(=O)C(=O)Nc2cncc(C(N)=O)c2)C1. The second-order valence-electron chi connectivity index (χ2n) is 8.40. The van der Waals surface area contributed by atoms with Crippen LogP contribution in [0.5, 0.6) is 0 Å². The third kappa shape index (κ3) is 4.46. The molecule has 0 unspecified atom stereocenters. The van der Waals surface area contributed by atoms with Crippen molar-refractivity contribution >= 4 is 35.0 Å². The Bertz CT molecular complexity index is 1100. The van der Waals surface area contributed by atoms with Crippen molar-refractivity contribution in [3.05, 3.63) is 53.3 Å². The van der Waals surface area contributed by atoms with Crippen molar-refractivity contribution in [2.75, 3.05) is 17.2 Å². The van der Waals surface area contributed by atoms with Crippen LogP contribution in [-0.2, 0) is 20.8 Å². The van der Waals surface area contributed by atoms with Crippen molar-refractivity contribution in [2.24, 2.45) is 11.7 Å². The highest BCUT2D eigenvalue weighted by Crippen LogP contribution is 2.36. The Hall–Kier alpha value is -3.75. The molecule has 0 aliphatic carbocycles. The monoisotopic (exact) mass is 435 g/mol. The van der Waals surface area contributed by atoms with E-state index in [1.807, 2.05) is 18.2 Å². The average Bonchev–Trinajstić information content (AvgIpc) is 2.78. The number of amides is 4. The summed E-state index contributed by atoms with van der Waals surface area (Å²) in [6.45, 7) is 2.52. The number of pyridine rings is 1. The van der Waals surface area contributed by atoms with E-state index in [0.717, 1.165) is 29.7 Å². The molecule has 2 atom stereocenters. The number of carbonyl (C=O) groups is 4. The lowest BCUT2D eigenvalue weighted by Crippen LogP contribution is -2.46. The van der Waals surface area contributed by atoms with Gasteiger partial charge in [0.25, 0.3) is 0 Å². The predicted octanol–water partition coefficient (Wildman–Crippen LogP) is 2.00. The number of rotatable bonds is 3. The van der Waals surface area contributed by atoms with Crippen LogP contribution >= 0.6 is 0 Å². The van der Waals surface area contributed by atoms with Gasteiger partial charge in [-0.05, 0) is 48.4 Å². The zero-order valence-corrected chi connectivity index (χ0v) is 17.8. The lowest BCUT2D eigenvalue weighted by molar-refractivity contribution is -0.146. The van der Waals surface area contributed by atoms with E-state index in [2.05, 4.69) is 22.5 Å². The molecule has 32 heavy (non-hydrogen) atoms. The number of nitrogens with zero attached hydrogens (tertiary/aromatic N) is 2. The number of nitrogens with one attached hydrogen (secondary N) is 2. The molecular weight excluding hydrogens is 410 g/mol. The molecule has 2 aromatic rings. The molecule has 2 aliphatic rings. The zero-order chi connectivity index (χ0) is 22.8. The van der Waals surface area contributed by atoms with Gasteiger partial charge >= 0.3 is 11.8 Å². The third-order valence-corrected chi connectivity index (χ3v) is 5.96. The number of likely N-dealkylation sites (tertiary alicyclic amines) is 1. The first kappa shape index (κ1) is 21.5. The summed E-state index contributed by atoms with van der Waals surface area (Å²) >= 11 is 0. The van der Waals surface area contributed by atoms with Crippen molar-refractivity contribution in [3.8, 4) is 0 Å². The lowest BCUT2D eigenvalue weighted by Gasteiger charge is -2.39. The Morgan fingerprint density at radius 2 is 1.97 bits per heavy atom. The van der Waals surface area contributed by atoms with Crippen LogP contribution in [0.1, 0.15) is 53.7 Å². The lowest BCUT2D eigenvalue weighted by atomic mass is 9.88. The molecule has 166 valence electrons. The van der Waals surface area contributed by atoms with Crippen LogP contribution in [-0.4, -0.2) is 40.1 Å². The largest absolute Gasteiger partial charge is 0.366 e. The van der Waals surface area contributed by atoms with E-state index in [-0.39, 0.29) is 29.1 Å². The number of aromatic nitrogens is 1. The van der Waals surface area contributed by atoms with Gasteiger partial charge in [-0.25, -0.2) is 0 Å². The number of carbonyl (C=O) groups excluding carboxylic acids is 4. The number of primary amides is 1. The summed E-state index contributed by atoms with van der Waals surface area (Å²) in [5.41, 5.74) is 8.40. The van der Waals surface area contributed by atoms with Crippen molar-refractivity contribution in [2.45, 2.75) is 38.6 Å². The van der Waals surface area contributed by atoms with Crippen molar-refractivity contribution in [1.82, 2.24) is 9.88 Å². The number of piperidine rings is 1. The van der Waals surface area contributed by atoms with Gasteiger partial charge in [-0.1, -0.05) is 19.1 Å². The maximum absolute atomic E-state index is 13.1. The minimum atomic E-state index is -0.794. The van der Waals surface area contributed by atoms with Crippen molar-refractivity contribution < 1.29 is 19.2 Å². The molecule has 1 aromatic heterocycles. The highest BCUT2D eigenvalue weighted by atomic mass is 16.2. The Kier molecular flexibility index (Phi) is 5.89. The number of hydrogen-bond donors (Lipinski definition) is 3. The van der Waals surface area contributed by atoms with Crippen LogP contribution in [0.3, 0.4) is 0 Å². The fraction of sp³-hybridized carbons (Fsp3) is 0.348. The molecular formula is C23H25N5O4. The van der Waals surface area contributed by atoms with Gasteiger partial charge in [0.05, 0.1) is 23.5 Å². The topological polar surface area (TPSA) is 134 Å². The maximum Gasteiger partial charge on any atom is 0.313 e. The molecule has 0 saturated carbocycles. The number of aryl methyl sites for hydroxylation is 1. The number of hydrogen-bond acceptors (Lipinski definition) is 5. The molecule has 4 amide bonds. The molecule has 0 spiro atoms. The Balaban J connectivity index is 1.55. The van der Waals surface area contributed by atoms with Crippen LogP contribution in [0.15, 0.2) is 36.7 Å². The summed E-state index contributed by atoms with van der Waals surface area (Å²) in [4.78, 5) is 54.4. The summed E-state index contributed by atoms with van der Waals surface area (Å²) in [6.07, 6.45) is 5.41. The minimum absolute atomic E-state index is 0.000103. The first-order valence-electron chi connectivity index (χ1n) is 10.6. The Morgan fingerprint density at radius 3 is 2.75 bits per heavy atom. The number of anilines is 2. The van der Waals surface area contributed by atoms with Crippen LogP contribution in [0.4, 0.5) is 11.4 Å². The second-order valence-corrected chi connectivity index (χ2v) is 8.40. The summed E-state index contributed by atoms with van der Waals surface area (Å²) in [7, 11) is 0. The summed E-state index contributed by atoms with van der Waals surface area (Å²) in [5.74, 6) is -1.84. The molecule has 1 fully saturated rings. The smallest absolute Gasteiger partial charge is 0.313 e. The van der Waals surface area contributed by atoms with Crippen LogP contribution in [0.2, 0.25) is 0 Å². The highest BCUT2D eigenvalue weighted by molar-refractivity contribution is 6.39. The Labute approximate surface area is 185 Å². The molecule has 0 radical (unpaired) electrons. The van der Waals surface area contributed by atoms with Gasteiger partial charge in [0, 0.05) is 24.8 Å². The van der Waals surface area contributed by atoms with Gasteiger partial charge in [-0.15, -0.1) is 0 Å². The van der Waals surface area contributed by atoms with Gasteiger partial charge in [0.15, 0.2) is 0 Å². The van der Waals surface area contributed by atoms with Gasteiger partial charge in [-0.3, -0.25) is 24.2 Å². The van der Waals surface area contributed by atoms with Crippen LogP contribution < -0.4 is 16.4 Å². The van der Waals surface area contributed by atoms with E-state index in [1.54, 1.807) is 4.90 Å². The van der Waals surface area contributed by atoms with Gasteiger partial charge in [0.2, 0.25) is 11.8 Å². The molecule has 4 N–H and O–H groups in total. The van der Waals surface area contributed by atoms with Gasteiger partial charge in [-0.2, -0.15) is 0 Å². The number of benzene rings is 1. The fourth-order valence-electron chi connectivity index (χ4n) is 4.29. The Morgan fingerprint density at radius 1 is 1.16 bits per heavy atom. The molecule has 1 aromatic carbocycles. The molecule has 3 heterocycles. The summed E-state index contributed by atoms with van der Waals surface area (Å²) < 4.78 is 0. The van der Waals surface area contributed by atoms with Crippen LogP contribution in [0, 0.1) is 5.92 Å². The summed E-state index contributed by atoms with van der Waals surface area (Å²) in [6, 6.07) is 6.94. The van der Waals surface area contributed by atoms with Gasteiger partial charge < -0.3 is 21.3 Å². The van der Waals surface area contributed by atoms with E-state index < -0.39 is 17.7 Å². The number of fused-ring (bicyclic) bond motifs is 1. The van der Waals surface area contributed by atoms with E-state index in [1.165, 1.54) is 18.5 Å². The first-order valence-corrected chi connectivity index (χ1v) is 10.6. The molecule has 4 rings (SSSR count). The highest BCUT2D eigenvalue weighted by Gasteiger charge is 2.34. The van der Waals surface area contributed by atoms with E-state index in [4.69, 9.17) is 5.73 Å². The minimum Gasteiger partial charge on any atom is -0.366 e. The average molecular weight is 435 g/mol. The molecule has 1 saturated heterocycles. The summed E-state index contributed by atoms with van der Waals surface area (Å²) in [5, 5.41) is 5.39.